The molecule has 1 aromatic carbocycles. The molecule has 3 rings (SSSR count). The number of aliphatic imine (C=N–C) groups is 1. The maximum atomic E-state index is 4.66. The maximum absolute atomic E-state index is 4.66. The van der Waals surface area contributed by atoms with Crippen LogP contribution in [0.5, 0.6) is 0 Å². The van der Waals surface area contributed by atoms with E-state index in [1.54, 1.807) is 0 Å². The Hall–Kier alpha value is -1.00. The van der Waals surface area contributed by atoms with Gasteiger partial charge in [0.15, 0.2) is 5.17 Å². The van der Waals surface area contributed by atoms with Crippen LogP contribution in [0.2, 0.25) is 0 Å². The SMILES string of the molecule is CC1CN=C(NC2CCCN(Cc3ccccc3)C2)SC1. The van der Waals surface area contributed by atoms with Crippen LogP contribution >= 0.6 is 11.8 Å². The van der Waals surface area contributed by atoms with E-state index in [1.165, 1.54) is 35.9 Å². The van der Waals surface area contributed by atoms with Crippen molar-refractivity contribution in [3.05, 3.63) is 35.9 Å². The zero-order chi connectivity index (χ0) is 14.5. The second-order valence-corrected chi connectivity index (χ2v) is 7.27. The van der Waals surface area contributed by atoms with Crippen molar-refractivity contribution in [3.8, 4) is 0 Å². The lowest BCUT2D eigenvalue weighted by molar-refractivity contribution is 0.193. The lowest BCUT2D eigenvalue weighted by atomic mass is 10.1. The van der Waals surface area contributed by atoms with Gasteiger partial charge in [-0.15, -0.1) is 0 Å². The van der Waals surface area contributed by atoms with Crippen molar-refractivity contribution < 1.29 is 0 Å². The number of thioether (sulfide) groups is 1. The maximum Gasteiger partial charge on any atom is 0.156 e. The molecule has 0 saturated carbocycles. The number of hydrogen-bond acceptors (Lipinski definition) is 4. The molecule has 0 aromatic heterocycles. The van der Waals surface area contributed by atoms with Gasteiger partial charge in [-0.05, 0) is 30.9 Å². The molecule has 21 heavy (non-hydrogen) atoms. The Balaban J connectivity index is 1.51. The molecular weight excluding hydrogens is 278 g/mol. The first-order chi connectivity index (χ1) is 10.3. The van der Waals surface area contributed by atoms with E-state index in [0.29, 0.717) is 6.04 Å². The monoisotopic (exact) mass is 303 g/mol. The van der Waals surface area contributed by atoms with Crippen molar-refractivity contribution in [2.45, 2.75) is 32.4 Å². The Labute approximate surface area is 132 Å². The number of likely N-dealkylation sites (tertiary alicyclic amines) is 1. The van der Waals surface area contributed by atoms with Gasteiger partial charge in [-0.2, -0.15) is 0 Å². The van der Waals surface area contributed by atoms with E-state index in [0.717, 1.165) is 25.6 Å². The predicted octanol–water partition coefficient (Wildman–Crippen LogP) is 2.98. The molecule has 3 nitrogen and oxygen atoms in total. The third-order valence-electron chi connectivity index (χ3n) is 4.13. The summed E-state index contributed by atoms with van der Waals surface area (Å²) in [6, 6.07) is 11.3. The van der Waals surface area contributed by atoms with E-state index < -0.39 is 0 Å². The first-order valence-electron chi connectivity index (χ1n) is 7.99. The topological polar surface area (TPSA) is 27.6 Å². The molecule has 1 saturated heterocycles. The standard InChI is InChI=1S/C17H25N3S/c1-14-10-18-17(21-13-14)19-16-8-5-9-20(12-16)11-15-6-3-2-4-7-15/h2-4,6-7,14,16H,5,8-13H2,1H3,(H,18,19). The quantitative estimate of drug-likeness (QED) is 0.930. The van der Waals surface area contributed by atoms with Crippen molar-refractivity contribution in [2.24, 2.45) is 10.9 Å². The summed E-state index contributed by atoms with van der Waals surface area (Å²) >= 11 is 1.89. The van der Waals surface area contributed by atoms with E-state index in [4.69, 9.17) is 0 Å². The Bertz CT molecular complexity index is 474. The van der Waals surface area contributed by atoms with Gasteiger partial charge in [-0.3, -0.25) is 9.89 Å². The Morgan fingerprint density at radius 3 is 2.95 bits per heavy atom. The second-order valence-electron chi connectivity index (χ2n) is 6.27. The molecule has 0 radical (unpaired) electrons. The number of amidine groups is 1. The molecule has 0 spiro atoms. The minimum atomic E-state index is 0.558. The van der Waals surface area contributed by atoms with E-state index in [-0.39, 0.29) is 0 Å². The van der Waals surface area contributed by atoms with Crippen molar-refractivity contribution in [1.29, 1.82) is 0 Å². The van der Waals surface area contributed by atoms with Crippen molar-refractivity contribution >= 4 is 16.9 Å². The van der Waals surface area contributed by atoms with Gasteiger partial charge in [-0.1, -0.05) is 49.0 Å². The summed E-state index contributed by atoms with van der Waals surface area (Å²) in [6.07, 6.45) is 2.54. The van der Waals surface area contributed by atoms with Gasteiger partial charge < -0.3 is 5.32 Å². The van der Waals surface area contributed by atoms with Crippen LogP contribution in [0, 0.1) is 5.92 Å². The lowest BCUT2D eigenvalue weighted by Gasteiger charge is -2.34. The molecule has 1 N–H and O–H groups in total. The van der Waals surface area contributed by atoms with Crippen LogP contribution in [0.1, 0.15) is 25.3 Å². The summed E-state index contributed by atoms with van der Waals surface area (Å²) in [7, 11) is 0. The van der Waals surface area contributed by atoms with Crippen LogP contribution in [-0.2, 0) is 6.54 Å². The van der Waals surface area contributed by atoms with Gasteiger partial charge in [0.25, 0.3) is 0 Å². The molecule has 1 fully saturated rings. The summed E-state index contributed by atoms with van der Waals surface area (Å²) in [6.45, 7) is 6.66. The highest BCUT2D eigenvalue weighted by atomic mass is 32.2. The van der Waals surface area contributed by atoms with Crippen molar-refractivity contribution in [3.63, 3.8) is 0 Å². The molecular formula is C17H25N3S. The fraction of sp³-hybridized carbons (Fsp3) is 0.588. The Kier molecular flexibility index (Phi) is 5.20. The highest BCUT2D eigenvalue weighted by molar-refractivity contribution is 8.13. The molecule has 0 aliphatic carbocycles. The summed E-state index contributed by atoms with van der Waals surface area (Å²) < 4.78 is 0. The Morgan fingerprint density at radius 1 is 1.33 bits per heavy atom. The fourth-order valence-electron chi connectivity index (χ4n) is 2.98. The van der Waals surface area contributed by atoms with Gasteiger partial charge in [0.05, 0.1) is 0 Å². The van der Waals surface area contributed by atoms with Crippen LogP contribution < -0.4 is 5.32 Å². The number of piperidine rings is 1. The minimum absolute atomic E-state index is 0.558. The van der Waals surface area contributed by atoms with Crippen LogP contribution in [0.15, 0.2) is 35.3 Å². The van der Waals surface area contributed by atoms with Gasteiger partial charge in [0.2, 0.25) is 0 Å². The number of nitrogens with zero attached hydrogens (tertiary/aromatic N) is 2. The summed E-state index contributed by atoms with van der Waals surface area (Å²) in [4.78, 5) is 7.23. The van der Waals surface area contributed by atoms with Gasteiger partial charge in [0.1, 0.15) is 0 Å². The van der Waals surface area contributed by atoms with E-state index in [1.807, 2.05) is 11.8 Å². The van der Waals surface area contributed by atoms with Crippen LogP contribution in [0.25, 0.3) is 0 Å². The third-order valence-corrected chi connectivity index (χ3v) is 5.39. The first kappa shape index (κ1) is 14.9. The van der Waals surface area contributed by atoms with E-state index in [2.05, 4.69) is 52.5 Å². The van der Waals surface area contributed by atoms with Crippen LogP contribution in [0.4, 0.5) is 0 Å². The zero-order valence-corrected chi connectivity index (χ0v) is 13.6. The molecule has 2 heterocycles. The number of benzene rings is 1. The number of hydrogen-bond donors (Lipinski definition) is 1. The average Bonchev–Trinajstić information content (AvgIpc) is 2.51. The van der Waals surface area contributed by atoms with Crippen molar-refractivity contribution in [2.75, 3.05) is 25.4 Å². The zero-order valence-electron chi connectivity index (χ0n) is 12.8. The van der Waals surface area contributed by atoms with Gasteiger partial charge in [-0.25, -0.2) is 0 Å². The Morgan fingerprint density at radius 2 is 2.19 bits per heavy atom. The summed E-state index contributed by atoms with van der Waals surface area (Å²) in [5, 5.41) is 4.83. The summed E-state index contributed by atoms with van der Waals surface area (Å²) in [5.74, 6) is 1.92. The lowest BCUT2D eigenvalue weighted by Crippen LogP contribution is -2.47. The number of nitrogens with one attached hydrogen (secondary N) is 1. The molecule has 1 aromatic rings. The average molecular weight is 303 g/mol. The molecule has 2 aliphatic rings. The van der Waals surface area contributed by atoms with Crippen LogP contribution in [0.3, 0.4) is 0 Å². The highest BCUT2D eigenvalue weighted by Gasteiger charge is 2.22. The van der Waals surface area contributed by atoms with Crippen LogP contribution in [-0.4, -0.2) is 41.5 Å². The fourth-order valence-corrected chi connectivity index (χ4v) is 3.94. The largest absolute Gasteiger partial charge is 0.361 e. The second kappa shape index (κ2) is 7.32. The number of rotatable bonds is 3. The smallest absolute Gasteiger partial charge is 0.156 e. The predicted molar refractivity (Wildman–Crippen MR) is 91.8 cm³/mol. The molecule has 2 unspecified atom stereocenters. The van der Waals surface area contributed by atoms with E-state index >= 15 is 0 Å². The third kappa shape index (κ3) is 4.48. The first-order valence-corrected chi connectivity index (χ1v) is 8.98. The van der Waals surface area contributed by atoms with Crippen molar-refractivity contribution in [1.82, 2.24) is 10.2 Å². The molecule has 0 amide bonds. The minimum Gasteiger partial charge on any atom is -0.361 e. The molecule has 4 heteroatoms. The molecule has 114 valence electrons. The molecule has 0 bridgehead atoms. The molecule has 2 aliphatic heterocycles. The highest BCUT2D eigenvalue weighted by Crippen LogP contribution is 2.19. The molecule has 2 atom stereocenters. The van der Waals surface area contributed by atoms with Gasteiger partial charge >= 0.3 is 0 Å². The summed E-state index contributed by atoms with van der Waals surface area (Å²) in [5.41, 5.74) is 1.41. The normalized spacial score (nSPS) is 27.2. The van der Waals surface area contributed by atoms with E-state index in [9.17, 15) is 0 Å². The van der Waals surface area contributed by atoms with Gasteiger partial charge in [0, 0.05) is 31.4 Å².